The van der Waals surface area contributed by atoms with Gasteiger partial charge in [0, 0.05) is 25.1 Å². The highest BCUT2D eigenvalue weighted by atomic mass is 16.8. The minimum atomic E-state index is -1.38. The molecule has 39 heavy (non-hydrogen) atoms. The number of aliphatic hydroxyl groups is 1. The Bertz CT molecular complexity index is 1180. The lowest BCUT2D eigenvalue weighted by molar-refractivity contribution is -0.157. The minimum absolute atomic E-state index is 0.0817. The number of rotatable bonds is 10. The molecule has 1 aliphatic rings. The lowest BCUT2D eigenvalue weighted by atomic mass is 10.0. The summed E-state index contributed by atoms with van der Waals surface area (Å²) in [5.74, 6) is -2.09. The zero-order chi connectivity index (χ0) is 28.6. The molecule has 3 N–H and O–H groups in total. The van der Waals surface area contributed by atoms with Crippen LogP contribution in [0.3, 0.4) is 0 Å². The topological polar surface area (TPSA) is 171 Å². The van der Waals surface area contributed by atoms with Crippen molar-refractivity contribution in [2.75, 3.05) is 32.8 Å². The second kappa shape index (κ2) is 13.1. The Hall–Kier alpha value is -4.10. The maximum atomic E-state index is 13.3. The standard InChI is InChI=1S/C26H33N5O8/c1-4-38-25(36)39-31-14-12-30(13-15-31)24(35)18(10-11-21(32)33)28-23(34)19-16-20(26(2,3)37)29-22(27-19)17-8-6-5-7-9-17/h5-9,16,18,37H,4,10-15H2,1-3H3,(H,28,34)(H,32,33)/t18-/m0/s1. The number of ether oxygens (including phenoxy) is 1. The van der Waals surface area contributed by atoms with E-state index in [4.69, 9.17) is 9.57 Å². The Morgan fingerprint density at radius 1 is 1.08 bits per heavy atom. The highest BCUT2D eigenvalue weighted by molar-refractivity contribution is 5.96. The van der Waals surface area contributed by atoms with Crippen LogP contribution in [0, 0.1) is 0 Å². The number of hydroxylamine groups is 2. The molecule has 0 spiro atoms. The van der Waals surface area contributed by atoms with Crippen molar-refractivity contribution in [3.8, 4) is 11.4 Å². The number of hydrogen-bond acceptors (Lipinski definition) is 10. The van der Waals surface area contributed by atoms with Gasteiger partial charge in [-0.25, -0.2) is 14.8 Å². The molecular weight excluding hydrogens is 510 g/mol. The monoisotopic (exact) mass is 543 g/mol. The van der Waals surface area contributed by atoms with E-state index in [2.05, 4.69) is 15.3 Å². The summed E-state index contributed by atoms with van der Waals surface area (Å²) in [7, 11) is 0. The third-order valence-corrected chi connectivity index (χ3v) is 5.88. The van der Waals surface area contributed by atoms with Crippen molar-refractivity contribution in [1.82, 2.24) is 25.2 Å². The molecular formula is C26H33N5O8. The quantitative estimate of drug-likeness (QED) is 0.371. The summed E-state index contributed by atoms with van der Waals surface area (Å²) in [5.41, 5.74) is -0.640. The fourth-order valence-corrected chi connectivity index (χ4v) is 3.82. The number of carbonyl (C=O) groups excluding carboxylic acids is 3. The molecule has 1 aromatic heterocycles. The van der Waals surface area contributed by atoms with Crippen LogP contribution in [0.5, 0.6) is 0 Å². The number of aliphatic carboxylic acids is 1. The Kier molecular flexibility index (Phi) is 9.90. The second-order valence-electron chi connectivity index (χ2n) is 9.37. The second-order valence-corrected chi connectivity index (χ2v) is 9.37. The van der Waals surface area contributed by atoms with Crippen molar-refractivity contribution >= 4 is 23.9 Å². The SMILES string of the molecule is CCOC(=O)ON1CCN(C(=O)[C@H](CCC(=O)O)NC(=O)c2cc(C(C)(C)O)nc(-c3ccccc3)n2)CC1. The van der Waals surface area contributed by atoms with E-state index in [1.807, 2.05) is 6.07 Å². The first-order valence-electron chi connectivity index (χ1n) is 12.6. The number of aromatic nitrogens is 2. The zero-order valence-corrected chi connectivity index (χ0v) is 22.1. The lowest BCUT2D eigenvalue weighted by Gasteiger charge is -2.35. The Balaban J connectivity index is 1.78. The molecule has 0 aliphatic carbocycles. The molecule has 13 heteroatoms. The number of piperazine rings is 1. The summed E-state index contributed by atoms with van der Waals surface area (Å²) in [5, 5.41) is 23.8. The van der Waals surface area contributed by atoms with E-state index >= 15 is 0 Å². The maximum absolute atomic E-state index is 13.3. The predicted molar refractivity (Wildman–Crippen MR) is 137 cm³/mol. The van der Waals surface area contributed by atoms with Gasteiger partial charge < -0.3 is 30.0 Å². The molecule has 2 heterocycles. The van der Waals surface area contributed by atoms with Crippen molar-refractivity contribution in [3.05, 3.63) is 47.8 Å². The molecule has 13 nitrogen and oxygen atoms in total. The van der Waals surface area contributed by atoms with E-state index in [0.717, 1.165) is 0 Å². The molecule has 1 saturated heterocycles. The molecule has 1 aliphatic heterocycles. The van der Waals surface area contributed by atoms with Crippen molar-refractivity contribution in [3.63, 3.8) is 0 Å². The summed E-state index contributed by atoms with van der Waals surface area (Å²) in [6.07, 6.45) is -1.33. The largest absolute Gasteiger partial charge is 0.527 e. The number of amides is 2. The number of carboxylic acids is 1. The van der Waals surface area contributed by atoms with Gasteiger partial charge in [-0.2, -0.15) is 0 Å². The van der Waals surface area contributed by atoms with Crippen LogP contribution >= 0.6 is 0 Å². The Morgan fingerprint density at radius 2 is 1.74 bits per heavy atom. The minimum Gasteiger partial charge on any atom is -0.481 e. The third-order valence-electron chi connectivity index (χ3n) is 5.88. The molecule has 1 aromatic carbocycles. The van der Waals surface area contributed by atoms with Crippen LogP contribution < -0.4 is 5.32 Å². The van der Waals surface area contributed by atoms with Crippen molar-refractivity contribution < 1.29 is 39.0 Å². The molecule has 3 rings (SSSR count). The summed E-state index contributed by atoms with van der Waals surface area (Å²) < 4.78 is 4.75. The summed E-state index contributed by atoms with van der Waals surface area (Å²) in [4.78, 5) is 64.7. The van der Waals surface area contributed by atoms with Crippen LogP contribution in [0.15, 0.2) is 36.4 Å². The van der Waals surface area contributed by atoms with Crippen molar-refractivity contribution in [1.29, 1.82) is 0 Å². The normalized spacial score (nSPS) is 14.8. The zero-order valence-electron chi connectivity index (χ0n) is 22.1. The van der Waals surface area contributed by atoms with Crippen LogP contribution in [-0.2, 0) is 24.8 Å². The van der Waals surface area contributed by atoms with Gasteiger partial charge in [-0.1, -0.05) is 30.3 Å². The lowest BCUT2D eigenvalue weighted by Crippen LogP contribution is -2.55. The van der Waals surface area contributed by atoms with E-state index < -0.39 is 35.6 Å². The van der Waals surface area contributed by atoms with Gasteiger partial charge in [0.25, 0.3) is 5.91 Å². The van der Waals surface area contributed by atoms with Gasteiger partial charge in [0.05, 0.1) is 25.4 Å². The molecule has 210 valence electrons. The van der Waals surface area contributed by atoms with E-state index in [-0.39, 0.29) is 62.8 Å². The number of nitrogens with one attached hydrogen (secondary N) is 1. The van der Waals surface area contributed by atoms with Gasteiger partial charge in [0.2, 0.25) is 5.91 Å². The van der Waals surface area contributed by atoms with Gasteiger partial charge in [0.1, 0.15) is 17.3 Å². The maximum Gasteiger partial charge on any atom is 0.527 e. The predicted octanol–water partition coefficient (Wildman–Crippen LogP) is 1.57. The van der Waals surface area contributed by atoms with E-state index in [1.54, 1.807) is 31.2 Å². The third kappa shape index (κ3) is 8.45. The number of benzene rings is 1. The van der Waals surface area contributed by atoms with Crippen LogP contribution in [0.1, 0.15) is 49.8 Å². The van der Waals surface area contributed by atoms with Gasteiger partial charge in [-0.15, -0.1) is 5.06 Å². The fraction of sp³-hybridized carbons (Fsp3) is 0.462. The molecule has 0 radical (unpaired) electrons. The molecule has 0 saturated carbocycles. The van der Waals surface area contributed by atoms with Gasteiger partial charge >= 0.3 is 12.1 Å². The van der Waals surface area contributed by atoms with Crippen LogP contribution in [-0.4, -0.2) is 92.9 Å². The fourth-order valence-electron chi connectivity index (χ4n) is 3.82. The number of hydrogen-bond donors (Lipinski definition) is 3. The van der Waals surface area contributed by atoms with E-state index in [0.29, 0.717) is 5.56 Å². The van der Waals surface area contributed by atoms with Crippen LogP contribution in [0.4, 0.5) is 4.79 Å². The highest BCUT2D eigenvalue weighted by Crippen LogP contribution is 2.23. The summed E-state index contributed by atoms with van der Waals surface area (Å²) >= 11 is 0. The first kappa shape index (κ1) is 29.5. The Labute approximate surface area is 225 Å². The van der Waals surface area contributed by atoms with Gasteiger partial charge in [-0.3, -0.25) is 14.4 Å². The van der Waals surface area contributed by atoms with Crippen LogP contribution in [0.2, 0.25) is 0 Å². The summed E-state index contributed by atoms with van der Waals surface area (Å²) in [6, 6.07) is 9.10. The number of nitrogens with zero attached hydrogens (tertiary/aromatic N) is 4. The molecule has 2 amide bonds. The highest BCUT2D eigenvalue weighted by Gasteiger charge is 2.31. The van der Waals surface area contributed by atoms with E-state index in [1.165, 1.54) is 29.9 Å². The van der Waals surface area contributed by atoms with Crippen molar-refractivity contribution in [2.45, 2.75) is 45.3 Å². The molecule has 0 unspecified atom stereocenters. The van der Waals surface area contributed by atoms with Gasteiger partial charge in [0.15, 0.2) is 5.82 Å². The first-order chi connectivity index (χ1) is 18.5. The van der Waals surface area contributed by atoms with E-state index in [9.17, 15) is 29.4 Å². The summed E-state index contributed by atoms with van der Waals surface area (Å²) in [6.45, 7) is 5.67. The first-order valence-corrected chi connectivity index (χ1v) is 12.6. The average molecular weight is 544 g/mol. The molecule has 1 fully saturated rings. The Morgan fingerprint density at radius 3 is 2.33 bits per heavy atom. The van der Waals surface area contributed by atoms with Crippen LogP contribution in [0.25, 0.3) is 11.4 Å². The number of carboxylic acid groups (broad SMARTS) is 1. The van der Waals surface area contributed by atoms with Gasteiger partial charge in [-0.05, 0) is 33.3 Å². The molecule has 0 bridgehead atoms. The number of carbonyl (C=O) groups is 4. The molecule has 2 aromatic rings. The molecule has 1 atom stereocenters. The smallest absolute Gasteiger partial charge is 0.481 e. The van der Waals surface area contributed by atoms with Crippen molar-refractivity contribution in [2.24, 2.45) is 0 Å². The average Bonchev–Trinajstić information content (AvgIpc) is 2.90.